The first-order valence-corrected chi connectivity index (χ1v) is 20.0. The molecule has 51 heavy (non-hydrogen) atoms. The number of carboxylic acids is 1. The fraction of sp³-hybridized carbons (Fsp3) is 0.689. The number of carboxylic acid groups (broad SMARTS) is 1. The van der Waals surface area contributed by atoms with Crippen molar-refractivity contribution in [1.29, 1.82) is 0 Å². The fourth-order valence-electron chi connectivity index (χ4n) is 13.9. The summed E-state index contributed by atoms with van der Waals surface area (Å²) in [4.78, 5) is 25.0. The number of nitrogens with one attached hydrogen (secondary N) is 1. The molecule has 0 bridgehead atoms. The average molecular weight is 700 g/mol. The lowest BCUT2D eigenvalue weighted by Crippen LogP contribution is -2.64. The topological polar surface area (TPSA) is 75.6 Å². The molecule has 5 nitrogen and oxygen atoms in total. The first-order chi connectivity index (χ1) is 24.2. The molecule has 4 fully saturated rings. The van der Waals surface area contributed by atoms with Crippen LogP contribution in [0.5, 0.6) is 0 Å². The maximum Gasteiger partial charge on any atom is 0.317 e. The molecule has 0 aromatic heterocycles. The first-order valence-electron chi connectivity index (χ1n) is 20.0. The molecular formula is C45H62FNO4. The zero-order valence-electron chi connectivity index (χ0n) is 31.9. The molecule has 0 heterocycles. The van der Waals surface area contributed by atoms with Gasteiger partial charge in [-0.25, -0.2) is 4.39 Å². The van der Waals surface area contributed by atoms with Crippen molar-refractivity contribution in [1.82, 2.24) is 5.32 Å². The van der Waals surface area contributed by atoms with Crippen LogP contribution < -0.4 is 5.32 Å². The van der Waals surface area contributed by atoms with E-state index in [9.17, 15) is 19.1 Å². The van der Waals surface area contributed by atoms with Crippen molar-refractivity contribution in [3.63, 3.8) is 0 Å². The van der Waals surface area contributed by atoms with Crippen molar-refractivity contribution in [2.75, 3.05) is 13.2 Å². The minimum absolute atomic E-state index is 0.0144. The van der Waals surface area contributed by atoms with Crippen LogP contribution in [-0.2, 0) is 20.9 Å². The Morgan fingerprint density at radius 1 is 0.922 bits per heavy atom. The number of fused-ring (bicyclic) bond motifs is 7. The Labute approximate surface area is 306 Å². The van der Waals surface area contributed by atoms with Crippen molar-refractivity contribution >= 4 is 11.9 Å². The molecule has 1 aromatic rings. The average Bonchev–Trinajstić information content (AvgIpc) is 3.51. The van der Waals surface area contributed by atoms with Gasteiger partial charge in [-0.2, -0.15) is 0 Å². The van der Waals surface area contributed by atoms with Crippen LogP contribution in [0.15, 0.2) is 65.8 Å². The summed E-state index contributed by atoms with van der Waals surface area (Å²) < 4.78 is 20.3. The fourth-order valence-corrected chi connectivity index (χ4v) is 13.9. The molecule has 0 unspecified atom stereocenters. The van der Waals surface area contributed by atoms with Crippen LogP contribution in [0.4, 0.5) is 4.39 Å². The van der Waals surface area contributed by atoms with Crippen molar-refractivity contribution in [3.05, 3.63) is 71.3 Å². The smallest absolute Gasteiger partial charge is 0.317 e. The Bertz CT molecular complexity index is 1600. The van der Waals surface area contributed by atoms with Gasteiger partial charge in [0.2, 0.25) is 0 Å². The van der Waals surface area contributed by atoms with E-state index in [-0.39, 0.29) is 34.9 Å². The van der Waals surface area contributed by atoms with Crippen LogP contribution in [-0.4, -0.2) is 35.8 Å². The summed E-state index contributed by atoms with van der Waals surface area (Å²) in [6, 6.07) is 9.63. The molecule has 6 aliphatic carbocycles. The number of alkyl halides is 1. The normalized spacial score (nSPS) is 41.1. The standard InChI is InChI=1S/C45H62FNO4/c1-29(2)32-16-24-45(47-26-38(48)49)25-18-35-33(39(32)45)12-13-37-42(35,5)21-19-36-41(3,4)34(17-20-43(36,37)6)31-14-22-44(28-46,23-15-31)40(50)51-27-30-10-8-7-9-11-30/h7-11,14,17,32-33,35-37,39,47H,1,12-13,15-16,18-28H2,2-6H3,(H,48,49)/t32-,33-,35+,36-,37-,39+,42-,43-,44-,45-/m0/s1. The van der Waals surface area contributed by atoms with Crippen LogP contribution in [0.25, 0.3) is 0 Å². The van der Waals surface area contributed by atoms with Crippen molar-refractivity contribution in [2.45, 2.75) is 124 Å². The third-order valence-electron chi connectivity index (χ3n) is 16.2. The molecule has 0 amide bonds. The van der Waals surface area contributed by atoms with E-state index in [1.807, 2.05) is 30.3 Å². The van der Waals surface area contributed by atoms with E-state index >= 15 is 0 Å². The molecular weight excluding hydrogens is 637 g/mol. The zero-order chi connectivity index (χ0) is 36.4. The van der Waals surface area contributed by atoms with Crippen LogP contribution in [0, 0.1) is 57.2 Å². The number of carbonyl (C=O) groups is 2. The van der Waals surface area contributed by atoms with Crippen LogP contribution in [0.3, 0.4) is 0 Å². The number of benzene rings is 1. The van der Waals surface area contributed by atoms with Crippen LogP contribution >= 0.6 is 0 Å². The Kier molecular flexibility index (Phi) is 9.54. The molecule has 0 radical (unpaired) electrons. The molecule has 4 saturated carbocycles. The highest BCUT2D eigenvalue weighted by Gasteiger charge is 2.66. The quantitative estimate of drug-likeness (QED) is 0.198. The third kappa shape index (κ3) is 5.89. The number of hydrogen-bond donors (Lipinski definition) is 2. The van der Waals surface area contributed by atoms with E-state index in [0.717, 1.165) is 31.2 Å². The number of aliphatic carboxylic acids is 1. The largest absolute Gasteiger partial charge is 0.480 e. The van der Waals surface area contributed by atoms with Crippen molar-refractivity contribution in [3.8, 4) is 0 Å². The van der Waals surface area contributed by atoms with Gasteiger partial charge in [0.1, 0.15) is 13.3 Å². The molecule has 0 aliphatic heterocycles. The minimum atomic E-state index is -1.10. The number of esters is 1. The number of allylic oxidation sites excluding steroid dienone is 5. The number of carbonyl (C=O) groups excluding carboxylic acids is 1. The Hall–Kier alpha value is -2.73. The molecule has 0 saturated heterocycles. The third-order valence-corrected chi connectivity index (χ3v) is 16.2. The number of halogens is 1. The monoisotopic (exact) mass is 699 g/mol. The van der Waals surface area contributed by atoms with Crippen LogP contribution in [0.1, 0.15) is 117 Å². The maximum absolute atomic E-state index is 14.7. The van der Waals surface area contributed by atoms with E-state index in [1.165, 1.54) is 48.8 Å². The lowest BCUT2D eigenvalue weighted by atomic mass is 9.36. The summed E-state index contributed by atoms with van der Waals surface area (Å²) in [5.74, 6) is 2.22. The van der Waals surface area contributed by atoms with Gasteiger partial charge in [-0.1, -0.05) is 82.3 Å². The van der Waals surface area contributed by atoms with Gasteiger partial charge in [-0.15, -0.1) is 0 Å². The number of hydrogen-bond acceptors (Lipinski definition) is 4. The van der Waals surface area contributed by atoms with Crippen molar-refractivity contribution in [2.24, 2.45) is 57.2 Å². The highest BCUT2D eigenvalue weighted by atomic mass is 19.1. The predicted molar refractivity (Wildman–Crippen MR) is 200 cm³/mol. The lowest BCUT2D eigenvalue weighted by molar-refractivity contribution is -0.178. The second-order valence-electron chi connectivity index (χ2n) is 18.9. The summed E-state index contributed by atoms with van der Waals surface area (Å²) in [6.45, 7) is 16.4. The molecule has 2 N–H and O–H groups in total. The molecule has 0 spiro atoms. The molecule has 1 aromatic carbocycles. The van der Waals surface area contributed by atoms with Gasteiger partial charge < -0.3 is 15.2 Å². The Morgan fingerprint density at radius 3 is 2.33 bits per heavy atom. The lowest BCUT2D eigenvalue weighted by Gasteiger charge is -2.68. The van der Waals surface area contributed by atoms with Gasteiger partial charge in [0, 0.05) is 5.54 Å². The maximum atomic E-state index is 14.7. The zero-order valence-corrected chi connectivity index (χ0v) is 31.9. The minimum Gasteiger partial charge on any atom is -0.480 e. The number of ether oxygens (including phenoxy) is 1. The summed E-state index contributed by atoms with van der Waals surface area (Å²) in [6.07, 6.45) is 16.7. The van der Waals surface area contributed by atoms with Crippen LogP contribution in [0.2, 0.25) is 0 Å². The predicted octanol–water partition coefficient (Wildman–Crippen LogP) is 10.0. The highest BCUT2D eigenvalue weighted by molar-refractivity contribution is 5.78. The highest BCUT2D eigenvalue weighted by Crippen LogP contribution is 2.73. The molecule has 6 heteroatoms. The second-order valence-corrected chi connectivity index (χ2v) is 18.9. The molecule has 278 valence electrons. The Morgan fingerprint density at radius 2 is 1.67 bits per heavy atom. The van der Waals surface area contributed by atoms with E-state index in [4.69, 9.17) is 4.74 Å². The molecule has 7 rings (SSSR count). The van der Waals surface area contributed by atoms with Gasteiger partial charge in [-0.3, -0.25) is 9.59 Å². The summed E-state index contributed by atoms with van der Waals surface area (Å²) in [5, 5.41) is 13.3. The Balaban J connectivity index is 1.10. The van der Waals surface area contributed by atoms with Gasteiger partial charge in [0.15, 0.2) is 0 Å². The summed E-state index contributed by atoms with van der Waals surface area (Å²) >= 11 is 0. The van der Waals surface area contributed by atoms with Crippen molar-refractivity contribution < 1.29 is 23.8 Å². The number of rotatable bonds is 9. The van der Waals surface area contributed by atoms with E-state index in [2.05, 4.69) is 58.7 Å². The SMILES string of the molecule is C=C(C)[C@@H]1CC[C@]2(NCC(=O)O)CC[C@@H]3[C@H](CC[C@H]4[C@@]3(C)CC[C@H]3C(C)(C)C(C5=CC[C@](CF)(C(=O)OCc6ccccc6)CC5)=CC[C@]43C)[C@@H]12. The molecule has 6 aliphatic rings. The second kappa shape index (κ2) is 13.3. The summed E-state index contributed by atoms with van der Waals surface area (Å²) in [7, 11) is 0. The first kappa shape index (κ1) is 36.6. The van der Waals surface area contributed by atoms with E-state index in [1.54, 1.807) is 0 Å². The van der Waals surface area contributed by atoms with Gasteiger partial charge in [0.05, 0.1) is 12.0 Å². The summed E-state index contributed by atoms with van der Waals surface area (Å²) in [5.41, 5.74) is 4.20. The van der Waals surface area contributed by atoms with Gasteiger partial charge in [0.25, 0.3) is 0 Å². The molecule has 10 atom stereocenters. The van der Waals surface area contributed by atoms with E-state index in [0.29, 0.717) is 54.8 Å². The van der Waals surface area contributed by atoms with Gasteiger partial charge >= 0.3 is 11.9 Å². The van der Waals surface area contributed by atoms with Gasteiger partial charge in [-0.05, 0) is 152 Å². The van der Waals surface area contributed by atoms with E-state index < -0.39 is 24.0 Å².